The van der Waals surface area contributed by atoms with E-state index in [0.29, 0.717) is 0 Å². The van der Waals surface area contributed by atoms with Crippen LogP contribution in [0, 0.1) is 0 Å². The highest BCUT2D eigenvalue weighted by atomic mass is 32.1. The summed E-state index contributed by atoms with van der Waals surface area (Å²) < 4.78 is 2.70. The number of H-pyrrole nitrogens is 1. The molecule has 5 aromatic carbocycles. The average molecular weight is 482 g/mol. The largest absolute Gasteiger partial charge is 0.355 e. The lowest BCUT2D eigenvalue weighted by Crippen LogP contribution is -2.10. The maximum Gasteiger partial charge on any atom is 0.0465 e. The molecule has 0 aliphatic carbocycles. The van der Waals surface area contributed by atoms with Crippen LogP contribution in [0.3, 0.4) is 0 Å². The zero-order chi connectivity index (χ0) is 24.4. The van der Waals surface area contributed by atoms with E-state index in [9.17, 15) is 0 Å². The minimum atomic E-state index is 0.160. The number of nitrogens with one attached hydrogen (secondary N) is 1. The monoisotopic (exact) mass is 481 g/mol. The average Bonchev–Trinajstić information content (AvgIpc) is 3.45. The van der Waals surface area contributed by atoms with Crippen LogP contribution in [0.15, 0.2) is 103 Å². The first kappa shape index (κ1) is 21.4. The molecule has 0 aliphatic rings. The standard InChI is InChI=1S/C34H27NS/c1-34(2,3)24-15-11-21(12-16-24)22-13-17-30-28(19-22)29-20-23(14-18-31(29)35-30)25-8-6-9-27-26-7-4-5-10-32(26)36-33(25)27/h4-20,35H,1-3H3. The van der Waals surface area contributed by atoms with E-state index < -0.39 is 0 Å². The highest BCUT2D eigenvalue weighted by Crippen LogP contribution is 2.41. The van der Waals surface area contributed by atoms with Gasteiger partial charge >= 0.3 is 0 Å². The number of aromatic amines is 1. The summed E-state index contributed by atoms with van der Waals surface area (Å²) in [5, 5.41) is 5.23. The van der Waals surface area contributed by atoms with Crippen LogP contribution in [-0.2, 0) is 5.41 Å². The van der Waals surface area contributed by atoms with E-state index in [1.54, 1.807) is 0 Å². The maximum atomic E-state index is 3.63. The first-order valence-electron chi connectivity index (χ1n) is 12.5. The molecule has 0 spiro atoms. The van der Waals surface area contributed by atoms with Gasteiger partial charge in [0.1, 0.15) is 0 Å². The molecular formula is C34H27NS. The van der Waals surface area contributed by atoms with E-state index in [0.717, 1.165) is 0 Å². The van der Waals surface area contributed by atoms with Gasteiger partial charge in [0.05, 0.1) is 0 Å². The number of benzene rings is 5. The second-order valence-electron chi connectivity index (χ2n) is 10.8. The van der Waals surface area contributed by atoms with Crippen LogP contribution in [0.2, 0.25) is 0 Å². The number of fused-ring (bicyclic) bond motifs is 6. The number of thiophene rings is 1. The minimum absolute atomic E-state index is 0.160. The summed E-state index contributed by atoms with van der Waals surface area (Å²) >= 11 is 1.89. The zero-order valence-electron chi connectivity index (χ0n) is 20.7. The van der Waals surface area contributed by atoms with E-state index in [2.05, 4.69) is 129 Å². The molecule has 0 fully saturated rings. The van der Waals surface area contributed by atoms with Crippen molar-refractivity contribution in [2.75, 3.05) is 0 Å². The third-order valence-corrected chi connectivity index (χ3v) is 8.62. The van der Waals surface area contributed by atoms with E-state index in [-0.39, 0.29) is 5.41 Å². The lowest BCUT2D eigenvalue weighted by molar-refractivity contribution is 0.590. The van der Waals surface area contributed by atoms with Crippen LogP contribution in [-0.4, -0.2) is 4.98 Å². The van der Waals surface area contributed by atoms with Gasteiger partial charge in [0, 0.05) is 42.0 Å². The molecule has 36 heavy (non-hydrogen) atoms. The van der Waals surface area contributed by atoms with Gasteiger partial charge < -0.3 is 4.98 Å². The van der Waals surface area contributed by atoms with Gasteiger partial charge in [-0.15, -0.1) is 11.3 Å². The lowest BCUT2D eigenvalue weighted by atomic mass is 9.86. The first-order valence-corrected chi connectivity index (χ1v) is 13.3. The molecule has 0 atom stereocenters. The topological polar surface area (TPSA) is 15.8 Å². The van der Waals surface area contributed by atoms with Crippen LogP contribution in [0.4, 0.5) is 0 Å². The highest BCUT2D eigenvalue weighted by Gasteiger charge is 2.15. The summed E-state index contributed by atoms with van der Waals surface area (Å²) in [4.78, 5) is 3.63. The Balaban J connectivity index is 1.38. The van der Waals surface area contributed by atoms with E-state index >= 15 is 0 Å². The van der Waals surface area contributed by atoms with Gasteiger partial charge in [0.2, 0.25) is 0 Å². The van der Waals surface area contributed by atoms with Crippen molar-refractivity contribution < 1.29 is 0 Å². The zero-order valence-corrected chi connectivity index (χ0v) is 21.5. The molecule has 7 rings (SSSR count). The summed E-state index contributed by atoms with van der Waals surface area (Å²) in [7, 11) is 0. The lowest BCUT2D eigenvalue weighted by Gasteiger charge is -2.19. The first-order chi connectivity index (χ1) is 17.5. The molecule has 0 bridgehead atoms. The second kappa shape index (κ2) is 7.81. The van der Waals surface area contributed by atoms with Gasteiger partial charge in [-0.3, -0.25) is 0 Å². The van der Waals surface area contributed by atoms with Gasteiger partial charge in [0.25, 0.3) is 0 Å². The van der Waals surface area contributed by atoms with Crippen molar-refractivity contribution in [3.05, 3.63) is 109 Å². The summed E-state index contributed by atoms with van der Waals surface area (Å²) in [6.45, 7) is 6.78. The van der Waals surface area contributed by atoms with E-state index in [4.69, 9.17) is 0 Å². The third kappa shape index (κ3) is 3.37. The number of rotatable bonds is 2. The van der Waals surface area contributed by atoms with Gasteiger partial charge in [-0.25, -0.2) is 0 Å². The molecule has 2 heterocycles. The Morgan fingerprint density at radius 1 is 0.556 bits per heavy atom. The van der Waals surface area contributed by atoms with Gasteiger partial charge in [-0.05, 0) is 63.6 Å². The van der Waals surface area contributed by atoms with Gasteiger partial charge in [-0.1, -0.05) is 93.6 Å². The molecule has 0 unspecified atom stereocenters. The Hall–Kier alpha value is -3.88. The molecule has 0 saturated carbocycles. The molecule has 0 aliphatic heterocycles. The van der Waals surface area contributed by atoms with Crippen molar-refractivity contribution in [2.45, 2.75) is 26.2 Å². The molecule has 7 aromatic rings. The Bertz CT molecular complexity index is 1910. The second-order valence-corrected chi connectivity index (χ2v) is 11.8. The fourth-order valence-electron chi connectivity index (χ4n) is 5.38. The Kier molecular flexibility index (Phi) is 4.64. The molecule has 174 valence electrons. The Labute approximate surface area is 215 Å². The SMILES string of the molecule is CC(C)(C)c1ccc(-c2ccc3[nH]c4ccc(-c5cccc6c5sc5ccccc56)cc4c3c2)cc1. The number of hydrogen-bond donors (Lipinski definition) is 1. The number of aromatic nitrogens is 1. The maximum absolute atomic E-state index is 3.63. The fraction of sp³-hybridized carbons (Fsp3) is 0.118. The molecule has 1 N–H and O–H groups in total. The van der Waals surface area contributed by atoms with Crippen LogP contribution in [0.25, 0.3) is 64.2 Å². The summed E-state index contributed by atoms with van der Waals surface area (Å²) in [5.41, 5.74) is 8.95. The van der Waals surface area contributed by atoms with E-state index in [1.165, 1.54) is 69.8 Å². The molecule has 0 saturated heterocycles. The fourth-order valence-corrected chi connectivity index (χ4v) is 6.62. The summed E-state index contributed by atoms with van der Waals surface area (Å²) in [6, 6.07) is 38.1. The summed E-state index contributed by atoms with van der Waals surface area (Å²) in [6.07, 6.45) is 0. The summed E-state index contributed by atoms with van der Waals surface area (Å²) in [5.74, 6) is 0. The van der Waals surface area contributed by atoms with Crippen molar-refractivity contribution in [3.63, 3.8) is 0 Å². The molecule has 2 aromatic heterocycles. The van der Waals surface area contributed by atoms with Crippen LogP contribution in [0.1, 0.15) is 26.3 Å². The smallest absolute Gasteiger partial charge is 0.0465 e. The third-order valence-electron chi connectivity index (χ3n) is 7.40. The van der Waals surface area contributed by atoms with Crippen LogP contribution >= 0.6 is 11.3 Å². The van der Waals surface area contributed by atoms with Crippen LogP contribution < -0.4 is 0 Å². The molecule has 0 amide bonds. The van der Waals surface area contributed by atoms with Crippen LogP contribution in [0.5, 0.6) is 0 Å². The van der Waals surface area contributed by atoms with Gasteiger partial charge in [-0.2, -0.15) is 0 Å². The molecular weight excluding hydrogens is 454 g/mol. The van der Waals surface area contributed by atoms with Crippen molar-refractivity contribution >= 4 is 53.3 Å². The van der Waals surface area contributed by atoms with Crippen molar-refractivity contribution in [1.82, 2.24) is 4.98 Å². The quantitative estimate of drug-likeness (QED) is 0.253. The highest BCUT2D eigenvalue weighted by molar-refractivity contribution is 7.26. The van der Waals surface area contributed by atoms with Crippen molar-refractivity contribution in [2.24, 2.45) is 0 Å². The normalized spacial score (nSPS) is 12.3. The molecule has 1 nitrogen and oxygen atoms in total. The Morgan fingerprint density at radius 2 is 1.19 bits per heavy atom. The molecule has 0 radical (unpaired) electrons. The minimum Gasteiger partial charge on any atom is -0.355 e. The van der Waals surface area contributed by atoms with Crippen molar-refractivity contribution in [1.29, 1.82) is 0 Å². The predicted molar refractivity (Wildman–Crippen MR) is 158 cm³/mol. The molecule has 2 heteroatoms. The van der Waals surface area contributed by atoms with Crippen molar-refractivity contribution in [3.8, 4) is 22.3 Å². The van der Waals surface area contributed by atoms with E-state index in [1.807, 2.05) is 11.3 Å². The van der Waals surface area contributed by atoms with Gasteiger partial charge in [0.15, 0.2) is 0 Å². The predicted octanol–water partition coefficient (Wildman–Crippen LogP) is 10.3. The number of hydrogen-bond acceptors (Lipinski definition) is 1. The Morgan fingerprint density at radius 3 is 1.94 bits per heavy atom.